The maximum Gasteiger partial charge on any atom is 0.142 e. The lowest BCUT2D eigenvalue weighted by Gasteiger charge is -2.39. The van der Waals surface area contributed by atoms with Gasteiger partial charge < -0.3 is 9.32 Å². The van der Waals surface area contributed by atoms with Gasteiger partial charge in [0.15, 0.2) is 0 Å². The van der Waals surface area contributed by atoms with Crippen molar-refractivity contribution in [2.24, 2.45) is 11.8 Å². The van der Waals surface area contributed by atoms with E-state index < -0.39 is 0 Å². The molecule has 0 aliphatic heterocycles. The van der Waals surface area contributed by atoms with Gasteiger partial charge in [-0.25, -0.2) is 0 Å². The molecule has 296 valence electrons. The third kappa shape index (κ3) is 5.10. The summed E-state index contributed by atoms with van der Waals surface area (Å²) in [6.45, 7) is 2.38. The van der Waals surface area contributed by atoms with E-state index in [0.717, 1.165) is 52.1 Å². The molecule has 0 bridgehead atoms. The van der Waals surface area contributed by atoms with Crippen LogP contribution in [0.5, 0.6) is 0 Å². The van der Waals surface area contributed by atoms with E-state index in [0.29, 0.717) is 17.8 Å². The number of anilines is 2. The molecular weight excluding hydrogens is 751 g/mol. The second kappa shape index (κ2) is 13.7. The minimum Gasteiger partial charge on any atom is -0.458 e. The molecule has 2 heteroatoms. The Morgan fingerprint density at radius 2 is 1.39 bits per heavy atom. The van der Waals surface area contributed by atoms with Crippen molar-refractivity contribution < 1.29 is 4.42 Å². The van der Waals surface area contributed by atoms with Crippen LogP contribution in [-0.2, 0) is 5.41 Å². The maximum absolute atomic E-state index is 7.08. The van der Waals surface area contributed by atoms with E-state index in [4.69, 9.17) is 4.42 Å². The molecule has 0 fully saturated rings. The molecule has 13 rings (SSSR count). The predicted molar refractivity (Wildman–Crippen MR) is 258 cm³/mol. The van der Waals surface area contributed by atoms with Crippen molar-refractivity contribution in [1.82, 2.24) is 0 Å². The topological polar surface area (TPSA) is 16.4 Å². The first-order chi connectivity index (χ1) is 30.6. The van der Waals surface area contributed by atoms with Crippen molar-refractivity contribution in [1.29, 1.82) is 0 Å². The predicted octanol–water partition coefficient (Wildman–Crippen LogP) is 15.7. The Labute approximate surface area is 363 Å². The summed E-state index contributed by atoms with van der Waals surface area (Å²) in [5.74, 6) is 2.23. The fraction of sp³-hybridized carbons (Fsp3) is 0.133. The molecule has 8 aromatic rings. The van der Waals surface area contributed by atoms with Crippen LogP contribution >= 0.6 is 0 Å². The van der Waals surface area contributed by atoms with Crippen LogP contribution in [0.2, 0.25) is 0 Å². The summed E-state index contributed by atoms with van der Waals surface area (Å²) < 4.78 is 7.08. The largest absolute Gasteiger partial charge is 0.458 e. The highest BCUT2D eigenvalue weighted by atomic mass is 16.3. The molecule has 1 spiro atoms. The van der Waals surface area contributed by atoms with Gasteiger partial charge in [-0.2, -0.15) is 0 Å². The zero-order valence-electron chi connectivity index (χ0n) is 34.7. The van der Waals surface area contributed by atoms with E-state index in [1.54, 1.807) is 5.57 Å². The number of fused-ring (bicyclic) bond motifs is 13. The first-order valence-corrected chi connectivity index (χ1v) is 22.3. The third-order valence-electron chi connectivity index (χ3n) is 14.6. The van der Waals surface area contributed by atoms with Gasteiger partial charge in [-0.05, 0) is 110 Å². The Balaban J connectivity index is 0.941. The summed E-state index contributed by atoms with van der Waals surface area (Å²) in [7, 11) is 0. The molecule has 0 radical (unpaired) electrons. The van der Waals surface area contributed by atoms with Gasteiger partial charge >= 0.3 is 0 Å². The number of benzene rings is 7. The molecular formula is C60H45NO. The molecule has 5 atom stereocenters. The zero-order valence-corrected chi connectivity index (χ0v) is 34.7. The van der Waals surface area contributed by atoms with Crippen molar-refractivity contribution in [3.63, 3.8) is 0 Å². The molecule has 1 heterocycles. The van der Waals surface area contributed by atoms with Crippen LogP contribution in [0.3, 0.4) is 0 Å². The number of rotatable bonds is 5. The molecule has 1 aromatic heterocycles. The summed E-state index contributed by atoms with van der Waals surface area (Å²) in [5.41, 5.74) is 17.8. The standard InChI is InChI=1S/C60H45NO/c1-38-25-33-49-50-34-29-43(37-56(50)60(55(49)35-38)53-22-9-7-17-47(53)48-18-8-10-23-54(48)60)40-26-30-44(31-27-40)61(45-32-28-39-13-5-6-16-42(39)36-45)57-24-12-21-52-51-20-11-19-46(58(51)62-59(52)57)41-14-3-2-4-15-41/h2-23,25-34,36-38,47,53,57H,24,35H2,1H3. The molecule has 0 amide bonds. The summed E-state index contributed by atoms with van der Waals surface area (Å²) in [6, 6.07) is 58.6. The second-order valence-electron chi connectivity index (χ2n) is 17.9. The molecule has 0 N–H and O–H groups in total. The fourth-order valence-electron chi connectivity index (χ4n) is 12.0. The lowest BCUT2D eigenvalue weighted by atomic mass is 9.63. The van der Waals surface area contributed by atoms with Gasteiger partial charge in [0, 0.05) is 39.7 Å². The van der Waals surface area contributed by atoms with Gasteiger partial charge in [0.1, 0.15) is 11.3 Å². The molecule has 62 heavy (non-hydrogen) atoms. The molecule has 5 aliphatic carbocycles. The summed E-state index contributed by atoms with van der Waals surface area (Å²) in [5, 5.41) is 3.61. The highest BCUT2D eigenvalue weighted by Gasteiger charge is 2.58. The summed E-state index contributed by atoms with van der Waals surface area (Å²) in [4.78, 5) is 2.50. The van der Waals surface area contributed by atoms with Gasteiger partial charge in [0.05, 0.1) is 11.5 Å². The Kier molecular flexibility index (Phi) is 7.85. The minimum atomic E-state index is -0.186. The number of nitrogens with zero attached hydrogens (tertiary/aromatic N) is 1. The van der Waals surface area contributed by atoms with Crippen molar-refractivity contribution in [2.45, 2.75) is 37.1 Å². The van der Waals surface area contributed by atoms with E-state index in [-0.39, 0.29) is 11.5 Å². The van der Waals surface area contributed by atoms with Crippen LogP contribution in [0.25, 0.3) is 55.6 Å². The number of furan rings is 1. The highest BCUT2D eigenvalue weighted by molar-refractivity contribution is 5.99. The lowest BCUT2D eigenvalue weighted by Crippen LogP contribution is -2.35. The van der Waals surface area contributed by atoms with E-state index in [9.17, 15) is 0 Å². The zero-order chi connectivity index (χ0) is 40.9. The van der Waals surface area contributed by atoms with Gasteiger partial charge in [-0.1, -0.05) is 183 Å². The Morgan fingerprint density at radius 3 is 2.29 bits per heavy atom. The normalized spacial score (nSPS) is 22.5. The van der Waals surface area contributed by atoms with Crippen molar-refractivity contribution >= 4 is 44.8 Å². The smallest absolute Gasteiger partial charge is 0.142 e. The van der Waals surface area contributed by atoms with Crippen LogP contribution < -0.4 is 4.90 Å². The molecule has 0 saturated heterocycles. The van der Waals surface area contributed by atoms with Crippen LogP contribution in [0, 0.1) is 11.8 Å². The summed E-state index contributed by atoms with van der Waals surface area (Å²) >= 11 is 0. The second-order valence-corrected chi connectivity index (χ2v) is 17.9. The average Bonchev–Trinajstić information content (AvgIpc) is 3.96. The lowest BCUT2D eigenvalue weighted by molar-refractivity contribution is 0.434. The molecule has 5 aliphatic rings. The number of hydrogen-bond acceptors (Lipinski definition) is 2. The van der Waals surface area contributed by atoms with Crippen LogP contribution in [-0.4, -0.2) is 0 Å². The van der Waals surface area contributed by atoms with E-state index in [2.05, 4.69) is 218 Å². The van der Waals surface area contributed by atoms with Crippen LogP contribution in [0.15, 0.2) is 210 Å². The van der Waals surface area contributed by atoms with Crippen molar-refractivity contribution in [2.75, 3.05) is 4.90 Å². The quantitative estimate of drug-likeness (QED) is 0.173. The monoisotopic (exact) mass is 795 g/mol. The SMILES string of the molecule is CC1C=CC2=C(C1)C1(c3cc(-c4ccc(N(c5ccc6ccccc6c5)C5CC=Cc6c5oc5c(-c7ccccc7)cccc65)cc4)ccc32)c2ccccc2C2C=CC=CC21. The Bertz CT molecular complexity index is 3280. The molecule has 2 nitrogen and oxygen atoms in total. The van der Waals surface area contributed by atoms with Crippen LogP contribution in [0.4, 0.5) is 11.4 Å². The third-order valence-corrected chi connectivity index (χ3v) is 14.6. The number of hydrogen-bond donors (Lipinski definition) is 0. The number of allylic oxidation sites excluding steroid dienone is 8. The number of para-hydroxylation sites is 1. The van der Waals surface area contributed by atoms with E-state index >= 15 is 0 Å². The first kappa shape index (κ1) is 35.6. The summed E-state index contributed by atoms with van der Waals surface area (Å²) in [6.07, 6.45) is 20.9. The molecule has 7 aromatic carbocycles. The Morgan fingerprint density at radius 1 is 0.597 bits per heavy atom. The highest BCUT2D eigenvalue weighted by Crippen LogP contribution is 2.66. The fourth-order valence-corrected chi connectivity index (χ4v) is 12.0. The molecule has 5 unspecified atom stereocenters. The Hall–Kier alpha value is -7.16. The van der Waals surface area contributed by atoms with Crippen LogP contribution in [0.1, 0.15) is 65.3 Å². The van der Waals surface area contributed by atoms with E-state index in [1.165, 1.54) is 55.3 Å². The van der Waals surface area contributed by atoms with Gasteiger partial charge in [-0.15, -0.1) is 0 Å². The van der Waals surface area contributed by atoms with Gasteiger partial charge in [0.2, 0.25) is 0 Å². The average molecular weight is 796 g/mol. The minimum absolute atomic E-state index is 0.0429. The maximum atomic E-state index is 7.08. The van der Waals surface area contributed by atoms with Crippen molar-refractivity contribution in [3.8, 4) is 22.3 Å². The van der Waals surface area contributed by atoms with Gasteiger partial charge in [0.25, 0.3) is 0 Å². The van der Waals surface area contributed by atoms with Gasteiger partial charge in [-0.3, -0.25) is 0 Å². The molecule has 0 saturated carbocycles. The van der Waals surface area contributed by atoms with E-state index in [1.807, 2.05) is 0 Å². The first-order valence-electron chi connectivity index (χ1n) is 22.3. The van der Waals surface area contributed by atoms with Crippen molar-refractivity contribution in [3.05, 3.63) is 239 Å².